The fourth-order valence-corrected chi connectivity index (χ4v) is 3.36. The molecule has 0 fully saturated rings. The zero-order chi connectivity index (χ0) is 20.5. The lowest BCUT2D eigenvalue weighted by Gasteiger charge is -2.24. The van der Waals surface area contributed by atoms with E-state index in [1.54, 1.807) is 20.1 Å². The number of nitrogens with one attached hydrogen (secondary N) is 1. The van der Waals surface area contributed by atoms with Gasteiger partial charge in [0, 0.05) is 13.5 Å². The van der Waals surface area contributed by atoms with Gasteiger partial charge in [0.15, 0.2) is 5.78 Å². The normalized spacial score (nSPS) is 13.8. The van der Waals surface area contributed by atoms with Gasteiger partial charge in [-0.3, -0.25) is 14.1 Å². The van der Waals surface area contributed by atoms with Gasteiger partial charge in [0.25, 0.3) is 10.1 Å². The molecule has 152 valence electrons. The lowest BCUT2D eigenvalue weighted by molar-refractivity contribution is -0.137. The summed E-state index contributed by atoms with van der Waals surface area (Å²) >= 11 is 0. The number of anilines is 1. The van der Waals surface area contributed by atoms with Crippen molar-refractivity contribution in [2.24, 2.45) is 0 Å². The summed E-state index contributed by atoms with van der Waals surface area (Å²) < 4.78 is 37.1. The molecular weight excluding hydrogens is 370 g/mol. The molecule has 8 heteroatoms. The number of benzene rings is 1. The molecule has 1 atom stereocenters. The van der Waals surface area contributed by atoms with Crippen LogP contribution in [0.1, 0.15) is 58.8 Å². The highest BCUT2D eigenvalue weighted by atomic mass is 32.2. The first-order valence-electron chi connectivity index (χ1n) is 9.03. The summed E-state index contributed by atoms with van der Waals surface area (Å²) in [5, 5.41) is 2.53. The molecule has 7 nitrogen and oxygen atoms in total. The average Bonchev–Trinajstić information content (AvgIpc) is 2.60. The minimum atomic E-state index is -4.38. The van der Waals surface area contributed by atoms with Gasteiger partial charge in [-0.2, -0.15) is 8.42 Å². The van der Waals surface area contributed by atoms with Crippen molar-refractivity contribution >= 4 is 27.5 Å². The van der Waals surface area contributed by atoms with Gasteiger partial charge in [0.1, 0.15) is 10.5 Å². The molecule has 1 unspecified atom stereocenters. The molecule has 1 amide bonds. The summed E-state index contributed by atoms with van der Waals surface area (Å²) in [6, 6.07) is 5.72. The van der Waals surface area contributed by atoms with Crippen LogP contribution in [0.5, 0.6) is 0 Å². The number of hydrogen-bond donors (Lipinski definition) is 2. The smallest absolute Gasteiger partial charge is 0.296 e. The van der Waals surface area contributed by atoms with E-state index in [0.29, 0.717) is 12.8 Å². The summed E-state index contributed by atoms with van der Waals surface area (Å²) in [5.41, 5.74) is -0.645. The van der Waals surface area contributed by atoms with Crippen molar-refractivity contribution < 1.29 is 27.3 Å². The maximum Gasteiger partial charge on any atom is 0.296 e. The molecule has 0 aliphatic heterocycles. The molecule has 0 bridgehead atoms. The number of rotatable bonds is 12. The topological polar surface area (TPSA) is 110 Å². The summed E-state index contributed by atoms with van der Waals surface area (Å²) in [5.74, 6) is -0.276. The molecule has 1 rings (SSSR count). The van der Waals surface area contributed by atoms with Crippen LogP contribution in [0, 0.1) is 0 Å². The Kier molecular flexibility index (Phi) is 9.08. The van der Waals surface area contributed by atoms with E-state index in [4.69, 9.17) is 4.74 Å². The van der Waals surface area contributed by atoms with Crippen LogP contribution in [0.3, 0.4) is 0 Å². The third kappa shape index (κ3) is 7.78. The molecule has 2 N–H and O–H groups in total. The molecule has 1 aromatic carbocycles. The van der Waals surface area contributed by atoms with E-state index in [9.17, 15) is 22.6 Å². The average molecular weight is 400 g/mol. The molecule has 0 spiro atoms. The Balaban J connectivity index is 2.31. The minimum absolute atomic E-state index is 0.0202. The first kappa shape index (κ1) is 23.3. The zero-order valence-electron chi connectivity index (χ0n) is 16.2. The first-order chi connectivity index (χ1) is 12.6. The van der Waals surface area contributed by atoms with Crippen molar-refractivity contribution in [3.63, 3.8) is 0 Å². The molecule has 0 aliphatic carbocycles. The Labute approximate surface area is 161 Å². The number of hydrogen-bond acceptors (Lipinski definition) is 5. The van der Waals surface area contributed by atoms with Crippen LogP contribution in [0.2, 0.25) is 0 Å². The number of carbonyl (C=O) groups is 2. The van der Waals surface area contributed by atoms with Crippen molar-refractivity contribution in [3.05, 3.63) is 24.3 Å². The molecule has 27 heavy (non-hydrogen) atoms. The van der Waals surface area contributed by atoms with E-state index in [-0.39, 0.29) is 28.7 Å². The van der Waals surface area contributed by atoms with Crippen LogP contribution >= 0.6 is 0 Å². The second-order valence-corrected chi connectivity index (χ2v) is 8.17. The summed E-state index contributed by atoms with van der Waals surface area (Å²) in [6.45, 7) is 3.33. The summed E-state index contributed by atoms with van der Waals surface area (Å²) in [4.78, 5) is 23.2. The zero-order valence-corrected chi connectivity index (χ0v) is 17.0. The Morgan fingerprint density at radius 3 is 2.30 bits per heavy atom. The van der Waals surface area contributed by atoms with Crippen molar-refractivity contribution in [2.75, 3.05) is 12.4 Å². The second kappa shape index (κ2) is 10.5. The fourth-order valence-electron chi connectivity index (χ4n) is 2.71. The van der Waals surface area contributed by atoms with Crippen LogP contribution in [0.25, 0.3) is 0 Å². The van der Waals surface area contributed by atoms with Gasteiger partial charge in [0.2, 0.25) is 5.91 Å². The third-order valence-electron chi connectivity index (χ3n) is 4.69. The third-order valence-corrected chi connectivity index (χ3v) is 5.60. The van der Waals surface area contributed by atoms with Crippen molar-refractivity contribution in [2.45, 2.75) is 69.3 Å². The highest BCUT2D eigenvalue weighted by Crippen LogP contribution is 2.22. The summed E-state index contributed by atoms with van der Waals surface area (Å²) in [7, 11) is -2.84. The highest BCUT2D eigenvalue weighted by molar-refractivity contribution is 7.86. The monoisotopic (exact) mass is 399 g/mol. The quantitative estimate of drug-likeness (QED) is 0.410. The van der Waals surface area contributed by atoms with E-state index in [1.165, 1.54) is 25.1 Å². The molecule has 1 aromatic rings. The number of unbranched alkanes of at least 4 members (excludes halogenated alkanes) is 4. The molecule has 0 aliphatic rings. The minimum Gasteiger partial charge on any atom is -0.371 e. The predicted octanol–water partition coefficient (Wildman–Crippen LogP) is 3.60. The van der Waals surface area contributed by atoms with Crippen LogP contribution in [0.4, 0.5) is 5.69 Å². The number of amides is 1. The van der Waals surface area contributed by atoms with Crippen LogP contribution in [-0.4, -0.2) is 37.4 Å². The SMILES string of the molecule is COC(C)(CCCCCCCC(=O)Nc1ccccc1S(=O)(=O)O)C(C)=O. The maximum absolute atomic E-state index is 12.0. The molecule has 0 aromatic heterocycles. The van der Waals surface area contributed by atoms with Gasteiger partial charge in [0.05, 0.1) is 5.69 Å². The van der Waals surface area contributed by atoms with Crippen LogP contribution in [0.15, 0.2) is 29.2 Å². The number of Topliss-reactive ketones (excluding diaryl/α,β-unsaturated/α-hetero) is 1. The summed E-state index contributed by atoms with van der Waals surface area (Å²) in [6.07, 6.45) is 5.23. The maximum atomic E-state index is 12.0. The van der Waals surface area contributed by atoms with Gasteiger partial charge in [-0.25, -0.2) is 0 Å². The van der Waals surface area contributed by atoms with Gasteiger partial charge >= 0.3 is 0 Å². The van der Waals surface area contributed by atoms with Gasteiger partial charge in [-0.05, 0) is 38.8 Å². The Hall–Kier alpha value is -1.77. The molecule has 0 heterocycles. The van der Waals surface area contributed by atoms with E-state index in [1.807, 2.05) is 0 Å². The first-order valence-corrected chi connectivity index (χ1v) is 10.5. The van der Waals surface area contributed by atoms with Crippen molar-refractivity contribution in [1.82, 2.24) is 0 Å². The number of ketones is 1. The van der Waals surface area contributed by atoms with E-state index in [0.717, 1.165) is 25.7 Å². The largest absolute Gasteiger partial charge is 0.371 e. The molecular formula is C19H29NO6S. The Morgan fingerprint density at radius 1 is 1.11 bits per heavy atom. The molecule has 0 radical (unpaired) electrons. The standard InChI is InChI=1S/C19H29NO6S/c1-15(21)19(2,26-3)14-10-6-4-5-7-13-18(22)20-16-11-8-9-12-17(16)27(23,24)25/h8-9,11-12H,4-7,10,13-14H2,1-3H3,(H,20,22)(H,23,24,25). The van der Waals surface area contributed by atoms with Crippen LogP contribution in [-0.2, 0) is 24.4 Å². The number of ether oxygens (including phenoxy) is 1. The Morgan fingerprint density at radius 2 is 1.70 bits per heavy atom. The predicted molar refractivity (Wildman–Crippen MR) is 103 cm³/mol. The van der Waals surface area contributed by atoms with Crippen molar-refractivity contribution in [1.29, 1.82) is 0 Å². The molecule has 0 saturated carbocycles. The number of carbonyl (C=O) groups excluding carboxylic acids is 2. The van der Waals surface area contributed by atoms with Gasteiger partial charge in [-0.15, -0.1) is 0 Å². The molecule has 0 saturated heterocycles. The Bertz CT molecular complexity index is 746. The van der Waals surface area contributed by atoms with E-state index < -0.39 is 15.7 Å². The fraction of sp³-hybridized carbons (Fsp3) is 0.579. The second-order valence-electron chi connectivity index (χ2n) is 6.78. The lowest BCUT2D eigenvalue weighted by atomic mass is 9.94. The number of methoxy groups -OCH3 is 1. The van der Waals surface area contributed by atoms with Gasteiger partial charge < -0.3 is 10.1 Å². The van der Waals surface area contributed by atoms with E-state index >= 15 is 0 Å². The van der Waals surface area contributed by atoms with E-state index in [2.05, 4.69) is 5.32 Å². The van der Waals surface area contributed by atoms with Crippen LogP contribution < -0.4 is 5.32 Å². The van der Waals surface area contributed by atoms with Gasteiger partial charge in [-0.1, -0.05) is 37.8 Å². The highest BCUT2D eigenvalue weighted by Gasteiger charge is 2.28. The van der Waals surface area contributed by atoms with Crippen molar-refractivity contribution in [3.8, 4) is 0 Å². The number of para-hydroxylation sites is 1. The lowest BCUT2D eigenvalue weighted by Crippen LogP contribution is -2.35.